The third-order valence-corrected chi connectivity index (χ3v) is 2.86. The third-order valence-electron chi connectivity index (χ3n) is 2.21. The standard InChI is InChI=1S/C12H13BrO3/c1-8-3-4-9(6-13)5-10(8)11(7-16-2)12(14)15/h3-5,7H,6H2,1-2H3,(H,14,15). The lowest BCUT2D eigenvalue weighted by atomic mass is 9.99. The lowest BCUT2D eigenvalue weighted by Gasteiger charge is -2.08. The number of hydrogen-bond donors (Lipinski definition) is 1. The fourth-order valence-electron chi connectivity index (χ4n) is 1.39. The number of ether oxygens (including phenoxy) is 1. The van der Waals surface area contributed by atoms with Crippen LogP contribution in [0.5, 0.6) is 0 Å². The molecule has 0 fully saturated rings. The third kappa shape index (κ3) is 2.85. The Bertz CT molecular complexity index is 424. The average Bonchev–Trinajstić information content (AvgIpc) is 2.27. The molecule has 0 unspecified atom stereocenters. The van der Waals surface area contributed by atoms with E-state index in [0.29, 0.717) is 10.9 Å². The number of aryl methyl sites for hydroxylation is 1. The van der Waals surface area contributed by atoms with E-state index in [9.17, 15) is 4.79 Å². The van der Waals surface area contributed by atoms with E-state index in [4.69, 9.17) is 9.84 Å². The first-order valence-electron chi connectivity index (χ1n) is 4.72. The molecule has 0 radical (unpaired) electrons. The summed E-state index contributed by atoms with van der Waals surface area (Å²) >= 11 is 3.34. The Labute approximate surface area is 103 Å². The van der Waals surface area contributed by atoms with Gasteiger partial charge in [0.2, 0.25) is 0 Å². The zero-order valence-electron chi connectivity index (χ0n) is 9.16. The highest BCUT2D eigenvalue weighted by molar-refractivity contribution is 9.08. The van der Waals surface area contributed by atoms with Gasteiger partial charge in [0.15, 0.2) is 0 Å². The molecule has 0 amide bonds. The molecule has 1 N–H and O–H groups in total. The molecule has 0 spiro atoms. The molecule has 0 heterocycles. The van der Waals surface area contributed by atoms with Crippen molar-refractivity contribution < 1.29 is 14.6 Å². The number of benzene rings is 1. The fourth-order valence-corrected chi connectivity index (χ4v) is 1.74. The minimum atomic E-state index is -0.989. The molecule has 16 heavy (non-hydrogen) atoms. The molecule has 4 heteroatoms. The van der Waals surface area contributed by atoms with Gasteiger partial charge in [-0.05, 0) is 29.7 Å². The van der Waals surface area contributed by atoms with Crippen LogP contribution in [0.1, 0.15) is 16.7 Å². The summed E-state index contributed by atoms with van der Waals surface area (Å²) in [7, 11) is 1.44. The van der Waals surface area contributed by atoms with Crippen molar-refractivity contribution in [3.05, 3.63) is 41.2 Å². The summed E-state index contributed by atoms with van der Waals surface area (Å²) in [5, 5.41) is 9.78. The lowest BCUT2D eigenvalue weighted by molar-refractivity contribution is -0.130. The maximum Gasteiger partial charge on any atom is 0.339 e. The zero-order valence-corrected chi connectivity index (χ0v) is 10.7. The van der Waals surface area contributed by atoms with Crippen LogP contribution in [0.15, 0.2) is 24.5 Å². The van der Waals surface area contributed by atoms with Crippen LogP contribution < -0.4 is 0 Å². The Morgan fingerprint density at radius 2 is 2.25 bits per heavy atom. The van der Waals surface area contributed by atoms with E-state index in [0.717, 1.165) is 11.1 Å². The molecular weight excluding hydrogens is 272 g/mol. The van der Waals surface area contributed by atoms with Crippen molar-refractivity contribution in [3.8, 4) is 0 Å². The minimum Gasteiger partial charge on any atom is -0.503 e. The van der Waals surface area contributed by atoms with E-state index >= 15 is 0 Å². The summed E-state index contributed by atoms with van der Waals surface area (Å²) in [6.45, 7) is 1.87. The van der Waals surface area contributed by atoms with E-state index in [1.807, 2.05) is 25.1 Å². The van der Waals surface area contributed by atoms with Gasteiger partial charge in [-0.15, -0.1) is 0 Å². The Morgan fingerprint density at radius 3 is 2.75 bits per heavy atom. The van der Waals surface area contributed by atoms with Crippen LogP contribution >= 0.6 is 15.9 Å². The first-order chi connectivity index (χ1) is 7.60. The summed E-state index contributed by atoms with van der Waals surface area (Å²) in [6.07, 6.45) is 1.25. The Balaban J connectivity index is 3.28. The molecule has 0 aliphatic rings. The molecule has 86 valence electrons. The van der Waals surface area contributed by atoms with Crippen molar-refractivity contribution in [2.75, 3.05) is 7.11 Å². The molecule has 1 aromatic carbocycles. The second kappa shape index (κ2) is 5.70. The summed E-state index contributed by atoms with van der Waals surface area (Å²) in [6, 6.07) is 5.71. The van der Waals surface area contributed by atoms with Gasteiger partial charge < -0.3 is 9.84 Å². The molecule has 0 bridgehead atoms. The summed E-state index contributed by atoms with van der Waals surface area (Å²) in [5.74, 6) is -0.989. The Morgan fingerprint density at radius 1 is 1.56 bits per heavy atom. The maximum atomic E-state index is 11.1. The number of aliphatic carboxylic acids is 1. The molecular formula is C12H13BrO3. The van der Waals surface area contributed by atoms with Crippen LogP contribution in [0, 0.1) is 6.92 Å². The van der Waals surface area contributed by atoms with Gasteiger partial charge in [0.1, 0.15) is 5.57 Å². The van der Waals surface area contributed by atoms with Crippen molar-refractivity contribution in [2.45, 2.75) is 12.3 Å². The second-order valence-corrected chi connectivity index (χ2v) is 3.92. The maximum absolute atomic E-state index is 11.1. The van der Waals surface area contributed by atoms with E-state index in [2.05, 4.69) is 15.9 Å². The quantitative estimate of drug-likeness (QED) is 0.525. The number of alkyl halides is 1. The number of carboxylic acids is 1. The van der Waals surface area contributed by atoms with Gasteiger partial charge in [-0.25, -0.2) is 4.79 Å². The minimum absolute atomic E-state index is 0.169. The van der Waals surface area contributed by atoms with Gasteiger partial charge in [-0.2, -0.15) is 0 Å². The number of carboxylic acid groups (broad SMARTS) is 1. The van der Waals surface area contributed by atoms with Crippen molar-refractivity contribution in [2.24, 2.45) is 0 Å². The Kier molecular flexibility index (Phi) is 4.55. The first-order valence-corrected chi connectivity index (χ1v) is 5.84. The average molecular weight is 285 g/mol. The SMILES string of the molecule is COC=C(C(=O)O)c1cc(CBr)ccc1C. The van der Waals surface area contributed by atoms with Crippen molar-refractivity contribution in [1.29, 1.82) is 0 Å². The van der Waals surface area contributed by atoms with Gasteiger partial charge in [0.05, 0.1) is 13.4 Å². The fraction of sp³-hybridized carbons (Fsp3) is 0.250. The highest BCUT2D eigenvalue weighted by atomic mass is 79.9. The molecule has 0 atom stereocenters. The number of methoxy groups -OCH3 is 1. The van der Waals surface area contributed by atoms with Crippen molar-refractivity contribution in [1.82, 2.24) is 0 Å². The number of halogens is 1. The summed E-state index contributed by atoms with van der Waals surface area (Å²) < 4.78 is 4.79. The van der Waals surface area contributed by atoms with Crippen LogP contribution in [0.25, 0.3) is 5.57 Å². The largest absolute Gasteiger partial charge is 0.503 e. The van der Waals surface area contributed by atoms with Gasteiger partial charge in [-0.3, -0.25) is 0 Å². The predicted octanol–water partition coefficient (Wildman–Crippen LogP) is 2.96. The van der Waals surface area contributed by atoms with Crippen molar-refractivity contribution >= 4 is 27.5 Å². The smallest absolute Gasteiger partial charge is 0.339 e. The number of rotatable bonds is 4. The molecule has 1 aromatic rings. The lowest BCUT2D eigenvalue weighted by Crippen LogP contribution is -2.02. The molecule has 0 aromatic heterocycles. The molecule has 1 rings (SSSR count). The van der Waals surface area contributed by atoms with Gasteiger partial charge in [-0.1, -0.05) is 28.1 Å². The molecule has 0 saturated carbocycles. The van der Waals surface area contributed by atoms with Crippen LogP contribution in [0.3, 0.4) is 0 Å². The highest BCUT2D eigenvalue weighted by Gasteiger charge is 2.13. The molecule has 0 saturated heterocycles. The van der Waals surface area contributed by atoms with Gasteiger partial charge >= 0.3 is 5.97 Å². The zero-order chi connectivity index (χ0) is 12.1. The van der Waals surface area contributed by atoms with E-state index in [-0.39, 0.29) is 5.57 Å². The number of hydrogen-bond acceptors (Lipinski definition) is 2. The van der Waals surface area contributed by atoms with E-state index in [1.165, 1.54) is 13.4 Å². The molecule has 0 aliphatic carbocycles. The monoisotopic (exact) mass is 284 g/mol. The topological polar surface area (TPSA) is 46.5 Å². The Hall–Kier alpha value is -1.29. The van der Waals surface area contributed by atoms with Crippen LogP contribution in [-0.4, -0.2) is 18.2 Å². The van der Waals surface area contributed by atoms with Gasteiger partial charge in [0.25, 0.3) is 0 Å². The van der Waals surface area contributed by atoms with E-state index in [1.54, 1.807) is 0 Å². The normalized spacial score (nSPS) is 11.3. The number of carbonyl (C=O) groups is 1. The summed E-state index contributed by atoms with van der Waals surface area (Å²) in [5.41, 5.74) is 2.80. The molecule has 3 nitrogen and oxygen atoms in total. The summed E-state index contributed by atoms with van der Waals surface area (Å²) in [4.78, 5) is 11.1. The van der Waals surface area contributed by atoms with Gasteiger partial charge in [0, 0.05) is 5.33 Å². The highest BCUT2D eigenvalue weighted by Crippen LogP contribution is 2.22. The molecule has 0 aliphatic heterocycles. The van der Waals surface area contributed by atoms with Crippen LogP contribution in [-0.2, 0) is 14.9 Å². The van der Waals surface area contributed by atoms with Crippen molar-refractivity contribution in [3.63, 3.8) is 0 Å². The second-order valence-electron chi connectivity index (χ2n) is 3.36. The van der Waals surface area contributed by atoms with Crippen LogP contribution in [0.4, 0.5) is 0 Å². The predicted molar refractivity (Wildman–Crippen MR) is 66.4 cm³/mol. The van der Waals surface area contributed by atoms with Crippen LogP contribution in [0.2, 0.25) is 0 Å². The first kappa shape index (κ1) is 12.8. The van der Waals surface area contributed by atoms with E-state index < -0.39 is 5.97 Å².